The molecular formula is C17H21BrN2O. The third-order valence-electron chi connectivity index (χ3n) is 3.36. The Hall–Kier alpha value is -1.39. The van der Waals surface area contributed by atoms with E-state index >= 15 is 0 Å². The van der Waals surface area contributed by atoms with Crippen molar-refractivity contribution < 1.29 is 4.74 Å². The molecule has 0 aliphatic rings. The Morgan fingerprint density at radius 2 is 2.14 bits per heavy atom. The van der Waals surface area contributed by atoms with Crippen molar-refractivity contribution in [3.63, 3.8) is 0 Å². The molecule has 0 aliphatic carbocycles. The van der Waals surface area contributed by atoms with Gasteiger partial charge in [-0.15, -0.1) is 0 Å². The van der Waals surface area contributed by atoms with Crippen LogP contribution < -0.4 is 10.1 Å². The standard InChI is InChI=1S/C17H21BrN2O/c1-4-9-19-16(13-8-7-12(2)11-14(13)18)17-15(21-3)6-5-10-20-17/h5-8,10-11,16,19H,4,9H2,1-3H3. The number of nitrogens with zero attached hydrogens (tertiary/aromatic N) is 1. The van der Waals surface area contributed by atoms with Crippen LogP contribution in [-0.4, -0.2) is 18.6 Å². The summed E-state index contributed by atoms with van der Waals surface area (Å²) in [5, 5.41) is 3.56. The predicted molar refractivity (Wildman–Crippen MR) is 89.8 cm³/mol. The number of aryl methyl sites for hydroxylation is 1. The van der Waals surface area contributed by atoms with Gasteiger partial charge in [-0.25, -0.2) is 0 Å². The van der Waals surface area contributed by atoms with E-state index in [9.17, 15) is 0 Å². The molecule has 1 unspecified atom stereocenters. The summed E-state index contributed by atoms with van der Waals surface area (Å²) >= 11 is 3.67. The fourth-order valence-corrected chi connectivity index (χ4v) is 3.02. The van der Waals surface area contributed by atoms with Crippen molar-refractivity contribution in [3.05, 3.63) is 57.8 Å². The molecule has 0 aliphatic heterocycles. The lowest BCUT2D eigenvalue weighted by Crippen LogP contribution is -2.25. The van der Waals surface area contributed by atoms with Gasteiger partial charge in [-0.2, -0.15) is 0 Å². The average molecular weight is 349 g/mol. The van der Waals surface area contributed by atoms with Gasteiger partial charge in [0.1, 0.15) is 11.4 Å². The second-order valence-electron chi connectivity index (χ2n) is 5.00. The Labute approximate surface area is 134 Å². The van der Waals surface area contributed by atoms with E-state index in [1.165, 1.54) is 11.1 Å². The SMILES string of the molecule is CCCNC(c1ccc(C)cc1Br)c1ncccc1OC. The van der Waals surface area contributed by atoms with Crippen LogP contribution in [0.1, 0.15) is 36.2 Å². The second kappa shape index (κ2) is 7.57. The van der Waals surface area contributed by atoms with Gasteiger partial charge in [0, 0.05) is 10.7 Å². The molecule has 4 heteroatoms. The molecule has 1 atom stereocenters. The van der Waals surface area contributed by atoms with Crippen LogP contribution in [0.3, 0.4) is 0 Å². The number of aromatic nitrogens is 1. The molecule has 2 rings (SSSR count). The zero-order valence-corrected chi connectivity index (χ0v) is 14.3. The third kappa shape index (κ3) is 3.83. The fourth-order valence-electron chi connectivity index (χ4n) is 2.30. The molecule has 0 radical (unpaired) electrons. The van der Waals surface area contributed by atoms with Crippen molar-refractivity contribution >= 4 is 15.9 Å². The van der Waals surface area contributed by atoms with E-state index in [-0.39, 0.29) is 6.04 Å². The van der Waals surface area contributed by atoms with Gasteiger partial charge in [0.15, 0.2) is 0 Å². The second-order valence-corrected chi connectivity index (χ2v) is 5.86. The first-order chi connectivity index (χ1) is 10.2. The number of hydrogen-bond acceptors (Lipinski definition) is 3. The normalized spacial score (nSPS) is 12.2. The summed E-state index contributed by atoms with van der Waals surface area (Å²) in [6, 6.07) is 10.2. The monoisotopic (exact) mass is 348 g/mol. The lowest BCUT2D eigenvalue weighted by atomic mass is 10.0. The summed E-state index contributed by atoms with van der Waals surface area (Å²) in [5.74, 6) is 0.804. The minimum Gasteiger partial charge on any atom is -0.495 e. The van der Waals surface area contributed by atoms with Crippen LogP contribution >= 0.6 is 15.9 Å². The fraction of sp³-hybridized carbons (Fsp3) is 0.353. The lowest BCUT2D eigenvalue weighted by Gasteiger charge is -2.22. The highest BCUT2D eigenvalue weighted by Gasteiger charge is 2.21. The van der Waals surface area contributed by atoms with Gasteiger partial charge in [0.25, 0.3) is 0 Å². The van der Waals surface area contributed by atoms with Crippen molar-refractivity contribution in [3.8, 4) is 5.75 Å². The summed E-state index contributed by atoms with van der Waals surface area (Å²) in [5.41, 5.74) is 3.32. The number of ether oxygens (including phenoxy) is 1. The molecule has 112 valence electrons. The van der Waals surface area contributed by atoms with Gasteiger partial charge >= 0.3 is 0 Å². The number of pyridine rings is 1. The third-order valence-corrected chi connectivity index (χ3v) is 4.05. The van der Waals surface area contributed by atoms with Crippen molar-refractivity contribution in [1.82, 2.24) is 10.3 Å². The van der Waals surface area contributed by atoms with Crippen LogP contribution in [-0.2, 0) is 0 Å². The molecule has 1 N–H and O–H groups in total. The Bertz CT molecular complexity index is 601. The summed E-state index contributed by atoms with van der Waals surface area (Å²) in [4.78, 5) is 4.53. The average Bonchev–Trinajstić information content (AvgIpc) is 2.49. The van der Waals surface area contributed by atoms with Gasteiger partial charge < -0.3 is 10.1 Å². The largest absolute Gasteiger partial charge is 0.495 e. The number of halogens is 1. The van der Waals surface area contributed by atoms with Gasteiger partial charge in [-0.1, -0.05) is 35.0 Å². The minimum absolute atomic E-state index is 0.0103. The molecule has 0 saturated heterocycles. The molecule has 3 nitrogen and oxygen atoms in total. The van der Waals surface area contributed by atoms with E-state index in [4.69, 9.17) is 4.74 Å². The Balaban J connectivity index is 2.47. The highest BCUT2D eigenvalue weighted by Crippen LogP contribution is 2.32. The van der Waals surface area contributed by atoms with Crippen molar-refractivity contribution in [1.29, 1.82) is 0 Å². The Kier molecular flexibility index (Phi) is 5.76. The quantitative estimate of drug-likeness (QED) is 0.847. The zero-order valence-electron chi connectivity index (χ0n) is 12.7. The van der Waals surface area contributed by atoms with E-state index in [0.29, 0.717) is 0 Å². The van der Waals surface area contributed by atoms with Crippen LogP contribution in [0.15, 0.2) is 41.0 Å². The van der Waals surface area contributed by atoms with E-state index in [1.807, 2.05) is 12.1 Å². The molecule has 0 saturated carbocycles. The molecule has 0 amide bonds. The number of benzene rings is 1. The van der Waals surface area contributed by atoms with Crippen molar-refractivity contribution in [2.45, 2.75) is 26.3 Å². The van der Waals surface area contributed by atoms with Crippen LogP contribution in [0.4, 0.5) is 0 Å². The maximum atomic E-state index is 5.47. The molecular weight excluding hydrogens is 328 g/mol. The lowest BCUT2D eigenvalue weighted by molar-refractivity contribution is 0.399. The van der Waals surface area contributed by atoms with E-state index in [2.05, 4.69) is 58.3 Å². The molecule has 0 fully saturated rings. The Morgan fingerprint density at radius 1 is 1.33 bits per heavy atom. The van der Waals surface area contributed by atoms with Crippen LogP contribution in [0, 0.1) is 6.92 Å². The van der Waals surface area contributed by atoms with Gasteiger partial charge in [0.2, 0.25) is 0 Å². The molecule has 0 spiro atoms. The number of hydrogen-bond donors (Lipinski definition) is 1. The van der Waals surface area contributed by atoms with Crippen molar-refractivity contribution in [2.24, 2.45) is 0 Å². The number of rotatable bonds is 6. The molecule has 1 aromatic heterocycles. The van der Waals surface area contributed by atoms with Gasteiger partial charge in [0.05, 0.1) is 13.2 Å². The van der Waals surface area contributed by atoms with E-state index in [0.717, 1.165) is 28.9 Å². The minimum atomic E-state index is 0.0103. The topological polar surface area (TPSA) is 34.2 Å². The highest BCUT2D eigenvalue weighted by molar-refractivity contribution is 9.10. The summed E-state index contributed by atoms with van der Waals surface area (Å²) in [7, 11) is 1.68. The first-order valence-corrected chi connectivity index (χ1v) is 7.95. The molecule has 1 aromatic carbocycles. The molecule has 1 heterocycles. The summed E-state index contributed by atoms with van der Waals surface area (Å²) in [6.07, 6.45) is 2.87. The Morgan fingerprint density at radius 3 is 2.81 bits per heavy atom. The van der Waals surface area contributed by atoms with E-state index < -0.39 is 0 Å². The van der Waals surface area contributed by atoms with Crippen LogP contribution in [0.25, 0.3) is 0 Å². The maximum Gasteiger partial charge on any atom is 0.142 e. The van der Waals surface area contributed by atoms with Crippen LogP contribution in [0.5, 0.6) is 5.75 Å². The van der Waals surface area contributed by atoms with Crippen molar-refractivity contribution in [2.75, 3.05) is 13.7 Å². The number of nitrogens with one attached hydrogen (secondary N) is 1. The van der Waals surface area contributed by atoms with E-state index in [1.54, 1.807) is 13.3 Å². The molecule has 21 heavy (non-hydrogen) atoms. The number of methoxy groups -OCH3 is 1. The van der Waals surface area contributed by atoms with Gasteiger partial charge in [-0.3, -0.25) is 4.98 Å². The molecule has 0 bridgehead atoms. The van der Waals surface area contributed by atoms with Crippen LogP contribution in [0.2, 0.25) is 0 Å². The summed E-state index contributed by atoms with van der Waals surface area (Å²) < 4.78 is 6.56. The first kappa shape index (κ1) is 16.0. The first-order valence-electron chi connectivity index (χ1n) is 7.15. The molecule has 2 aromatic rings. The van der Waals surface area contributed by atoms with Gasteiger partial charge in [-0.05, 0) is 49.2 Å². The summed E-state index contributed by atoms with van der Waals surface area (Å²) in [6.45, 7) is 5.17. The zero-order chi connectivity index (χ0) is 15.2. The maximum absolute atomic E-state index is 5.47. The predicted octanol–water partition coefficient (Wildman–Crippen LogP) is 4.25. The smallest absolute Gasteiger partial charge is 0.142 e. The highest BCUT2D eigenvalue weighted by atomic mass is 79.9.